The van der Waals surface area contributed by atoms with Crippen LogP contribution >= 0.6 is 0 Å². The quantitative estimate of drug-likeness (QED) is 0.847. The van der Waals surface area contributed by atoms with Gasteiger partial charge in [0.25, 0.3) is 0 Å². The lowest BCUT2D eigenvalue weighted by Crippen LogP contribution is -2.47. The Morgan fingerprint density at radius 3 is 2.48 bits per heavy atom. The SMILES string of the molecule is CC(C)N(C(=O)NCc1cc2n(n1)CCCN(S(C)(=O)=O)C2)C(C)C. The van der Waals surface area contributed by atoms with Gasteiger partial charge in [-0.2, -0.15) is 9.40 Å². The lowest BCUT2D eigenvalue weighted by atomic mass is 10.2. The summed E-state index contributed by atoms with van der Waals surface area (Å²) in [5.74, 6) is 0. The van der Waals surface area contributed by atoms with E-state index in [2.05, 4.69) is 10.4 Å². The number of rotatable bonds is 5. The van der Waals surface area contributed by atoms with Gasteiger partial charge >= 0.3 is 6.03 Å². The molecule has 2 rings (SSSR count). The second-order valence-electron chi connectivity index (χ2n) is 7.05. The Kier molecular flexibility index (Phi) is 6.10. The highest BCUT2D eigenvalue weighted by molar-refractivity contribution is 7.88. The summed E-state index contributed by atoms with van der Waals surface area (Å²) in [7, 11) is -3.22. The fourth-order valence-electron chi connectivity index (χ4n) is 3.18. The number of carbonyl (C=O) groups is 1. The zero-order valence-electron chi connectivity index (χ0n) is 15.7. The third-order valence-corrected chi connectivity index (χ3v) is 5.52. The Morgan fingerprint density at radius 2 is 1.92 bits per heavy atom. The molecule has 1 aromatic heterocycles. The van der Waals surface area contributed by atoms with Crippen LogP contribution in [0.4, 0.5) is 4.79 Å². The van der Waals surface area contributed by atoms with Gasteiger partial charge in [-0.3, -0.25) is 4.68 Å². The highest BCUT2D eigenvalue weighted by Crippen LogP contribution is 2.16. The number of amides is 2. The lowest BCUT2D eigenvalue weighted by molar-refractivity contribution is 0.164. The summed E-state index contributed by atoms with van der Waals surface area (Å²) >= 11 is 0. The molecule has 1 N–H and O–H groups in total. The molecule has 0 aromatic carbocycles. The molecule has 0 radical (unpaired) electrons. The van der Waals surface area contributed by atoms with E-state index in [1.807, 2.05) is 38.4 Å². The van der Waals surface area contributed by atoms with Gasteiger partial charge < -0.3 is 10.2 Å². The van der Waals surface area contributed by atoms with Crippen molar-refractivity contribution in [1.29, 1.82) is 0 Å². The van der Waals surface area contributed by atoms with Crippen molar-refractivity contribution in [3.8, 4) is 0 Å². The highest BCUT2D eigenvalue weighted by Gasteiger charge is 2.23. The van der Waals surface area contributed by atoms with E-state index in [9.17, 15) is 13.2 Å². The van der Waals surface area contributed by atoms with E-state index in [1.165, 1.54) is 10.6 Å². The Balaban J connectivity index is 2.05. The molecule has 1 aromatic rings. The van der Waals surface area contributed by atoms with Crippen molar-refractivity contribution in [2.45, 2.75) is 65.8 Å². The van der Waals surface area contributed by atoms with Crippen LogP contribution in [0.25, 0.3) is 0 Å². The molecule has 0 unspecified atom stereocenters. The van der Waals surface area contributed by atoms with Crippen LogP contribution in [0.3, 0.4) is 0 Å². The Bertz CT molecular complexity index is 703. The zero-order valence-corrected chi connectivity index (χ0v) is 16.5. The van der Waals surface area contributed by atoms with Crippen molar-refractivity contribution in [2.75, 3.05) is 12.8 Å². The molecular weight excluding hydrogens is 342 g/mol. The predicted octanol–water partition coefficient (Wildman–Crippen LogP) is 1.38. The first kappa shape index (κ1) is 19.7. The molecule has 1 aliphatic heterocycles. The van der Waals surface area contributed by atoms with Crippen LogP contribution in [0, 0.1) is 0 Å². The monoisotopic (exact) mass is 371 g/mol. The number of urea groups is 1. The van der Waals surface area contributed by atoms with Crippen LogP contribution in [0.15, 0.2) is 6.07 Å². The van der Waals surface area contributed by atoms with Gasteiger partial charge in [0.15, 0.2) is 0 Å². The second-order valence-corrected chi connectivity index (χ2v) is 9.04. The van der Waals surface area contributed by atoms with Gasteiger partial charge in [0.1, 0.15) is 0 Å². The maximum absolute atomic E-state index is 12.4. The number of carbonyl (C=O) groups excluding carboxylic acids is 1. The third-order valence-electron chi connectivity index (χ3n) is 4.27. The van der Waals surface area contributed by atoms with E-state index in [4.69, 9.17) is 0 Å². The summed E-state index contributed by atoms with van der Waals surface area (Å²) in [5.41, 5.74) is 1.60. The minimum atomic E-state index is -3.22. The average molecular weight is 372 g/mol. The van der Waals surface area contributed by atoms with Crippen molar-refractivity contribution in [2.24, 2.45) is 0 Å². The molecule has 2 heterocycles. The number of fused-ring (bicyclic) bond motifs is 1. The van der Waals surface area contributed by atoms with Gasteiger partial charge in [-0.05, 0) is 40.2 Å². The van der Waals surface area contributed by atoms with Gasteiger partial charge in [-0.25, -0.2) is 13.2 Å². The highest BCUT2D eigenvalue weighted by atomic mass is 32.2. The van der Waals surface area contributed by atoms with Crippen LogP contribution in [0.5, 0.6) is 0 Å². The molecule has 0 aliphatic carbocycles. The first-order valence-electron chi connectivity index (χ1n) is 8.66. The largest absolute Gasteiger partial charge is 0.332 e. The summed E-state index contributed by atoms with van der Waals surface area (Å²) in [5, 5.41) is 7.42. The van der Waals surface area contributed by atoms with Crippen molar-refractivity contribution >= 4 is 16.1 Å². The first-order chi connectivity index (χ1) is 11.6. The second kappa shape index (κ2) is 7.74. The molecule has 0 saturated heterocycles. The van der Waals surface area contributed by atoms with Crippen LogP contribution in [-0.2, 0) is 29.7 Å². The summed E-state index contributed by atoms with van der Waals surface area (Å²) < 4.78 is 26.9. The molecule has 0 bridgehead atoms. The molecule has 9 heteroatoms. The smallest absolute Gasteiger partial charge is 0.318 e. The molecule has 0 saturated carbocycles. The maximum atomic E-state index is 12.4. The topological polar surface area (TPSA) is 87.5 Å². The molecule has 25 heavy (non-hydrogen) atoms. The Morgan fingerprint density at radius 1 is 1.28 bits per heavy atom. The normalized spacial score (nSPS) is 16.0. The number of nitrogens with one attached hydrogen (secondary N) is 1. The number of nitrogens with zero attached hydrogens (tertiary/aromatic N) is 4. The van der Waals surface area contributed by atoms with E-state index in [-0.39, 0.29) is 18.1 Å². The molecule has 8 nitrogen and oxygen atoms in total. The molecule has 0 atom stereocenters. The Labute approximate surface area is 150 Å². The molecule has 142 valence electrons. The average Bonchev–Trinajstić information content (AvgIpc) is 2.73. The number of aromatic nitrogens is 2. The minimum absolute atomic E-state index is 0.113. The Hall–Kier alpha value is -1.61. The fraction of sp³-hybridized carbons (Fsp3) is 0.750. The van der Waals surface area contributed by atoms with Crippen LogP contribution in [0.1, 0.15) is 45.5 Å². The standard InChI is InChI=1S/C16H29N5O3S/c1-12(2)21(13(3)4)16(22)17-10-14-9-15-11-19(25(5,23)24)7-6-8-20(15)18-14/h9,12-13H,6-8,10-11H2,1-5H3,(H,17,22). The summed E-state index contributed by atoms with van der Waals surface area (Å²) in [6.07, 6.45) is 1.95. The summed E-state index contributed by atoms with van der Waals surface area (Å²) in [4.78, 5) is 14.2. The number of aryl methyl sites for hydroxylation is 1. The molecule has 0 spiro atoms. The van der Waals surface area contributed by atoms with Crippen molar-refractivity contribution < 1.29 is 13.2 Å². The van der Waals surface area contributed by atoms with Crippen molar-refractivity contribution in [1.82, 2.24) is 24.3 Å². The first-order valence-corrected chi connectivity index (χ1v) is 10.5. The fourth-order valence-corrected chi connectivity index (χ4v) is 4.01. The van der Waals surface area contributed by atoms with E-state index in [0.29, 0.717) is 26.2 Å². The number of hydrogen-bond donors (Lipinski definition) is 1. The van der Waals surface area contributed by atoms with Gasteiger partial charge in [0, 0.05) is 25.2 Å². The number of sulfonamides is 1. The summed E-state index contributed by atoms with van der Waals surface area (Å²) in [6.45, 7) is 9.77. The van der Waals surface area contributed by atoms with Crippen LogP contribution < -0.4 is 5.32 Å². The van der Waals surface area contributed by atoms with E-state index >= 15 is 0 Å². The molecule has 0 fully saturated rings. The molecule has 2 amide bonds. The van der Waals surface area contributed by atoms with Crippen molar-refractivity contribution in [3.63, 3.8) is 0 Å². The molecular formula is C16H29N5O3S. The van der Waals surface area contributed by atoms with E-state index in [1.54, 1.807) is 4.90 Å². The van der Waals surface area contributed by atoms with Gasteiger partial charge in [0.2, 0.25) is 10.0 Å². The lowest BCUT2D eigenvalue weighted by Gasteiger charge is -2.30. The minimum Gasteiger partial charge on any atom is -0.332 e. The molecule has 1 aliphatic rings. The van der Waals surface area contributed by atoms with Gasteiger partial charge in [-0.15, -0.1) is 0 Å². The van der Waals surface area contributed by atoms with E-state index < -0.39 is 10.0 Å². The van der Waals surface area contributed by atoms with E-state index in [0.717, 1.165) is 17.8 Å². The number of hydrogen-bond acceptors (Lipinski definition) is 4. The van der Waals surface area contributed by atoms with Crippen molar-refractivity contribution in [3.05, 3.63) is 17.5 Å². The van der Waals surface area contributed by atoms with Gasteiger partial charge in [-0.1, -0.05) is 0 Å². The predicted molar refractivity (Wildman–Crippen MR) is 96.4 cm³/mol. The van der Waals surface area contributed by atoms with Crippen LogP contribution in [0.2, 0.25) is 0 Å². The third kappa shape index (κ3) is 4.94. The zero-order chi connectivity index (χ0) is 18.8. The maximum Gasteiger partial charge on any atom is 0.318 e. The van der Waals surface area contributed by atoms with Crippen LogP contribution in [-0.4, -0.2) is 58.3 Å². The van der Waals surface area contributed by atoms with Gasteiger partial charge in [0.05, 0.1) is 30.7 Å². The summed E-state index contributed by atoms with van der Waals surface area (Å²) in [6, 6.07) is 1.98.